The second-order valence-corrected chi connectivity index (χ2v) is 5.10. The van der Waals surface area contributed by atoms with Crippen LogP contribution in [-0.2, 0) is 7.05 Å². The first-order valence-electron chi connectivity index (χ1n) is 5.73. The van der Waals surface area contributed by atoms with Crippen LogP contribution in [0.25, 0.3) is 0 Å². The van der Waals surface area contributed by atoms with Crippen LogP contribution in [0.1, 0.15) is 27.5 Å². The summed E-state index contributed by atoms with van der Waals surface area (Å²) in [7, 11) is 1.75. The molecule has 0 spiro atoms. The predicted molar refractivity (Wildman–Crippen MR) is 74.8 cm³/mol. The maximum Gasteiger partial charge on any atom is 0.187 e. The third-order valence-electron chi connectivity index (χ3n) is 2.89. The van der Waals surface area contributed by atoms with Crippen LogP contribution in [0.3, 0.4) is 0 Å². The number of hydrogen-bond donors (Lipinski definition) is 0. The Balaban J connectivity index is 2.44. The second kappa shape index (κ2) is 5.37. The number of aromatic nitrogens is 2. The average molecular weight is 318 g/mol. The van der Waals surface area contributed by atoms with Gasteiger partial charge in [0.25, 0.3) is 0 Å². The van der Waals surface area contributed by atoms with E-state index < -0.39 is 5.92 Å². The summed E-state index contributed by atoms with van der Waals surface area (Å²) in [6.45, 7) is 1.77. The van der Waals surface area contributed by atoms with Gasteiger partial charge < -0.3 is 0 Å². The van der Waals surface area contributed by atoms with E-state index in [1.54, 1.807) is 30.9 Å². The Labute approximate surface area is 119 Å². The first kappa shape index (κ1) is 13.5. The zero-order valence-corrected chi connectivity index (χ0v) is 12.2. The molecule has 0 aliphatic heterocycles. The smallest absolute Gasteiger partial charge is 0.187 e. The summed E-state index contributed by atoms with van der Waals surface area (Å²) in [5, 5.41) is 13.5. The van der Waals surface area contributed by atoms with E-state index in [0.717, 1.165) is 4.47 Å². The number of carbonyl (C=O) groups is 1. The number of benzene rings is 1. The van der Waals surface area contributed by atoms with E-state index in [1.807, 2.05) is 18.2 Å². The molecule has 4 nitrogen and oxygen atoms in total. The summed E-state index contributed by atoms with van der Waals surface area (Å²) in [5.41, 5.74) is 1.81. The van der Waals surface area contributed by atoms with Crippen LogP contribution >= 0.6 is 15.9 Å². The van der Waals surface area contributed by atoms with E-state index in [2.05, 4.69) is 27.1 Å². The number of aryl methyl sites for hydroxylation is 2. The Morgan fingerprint density at radius 1 is 1.47 bits per heavy atom. The summed E-state index contributed by atoms with van der Waals surface area (Å²) >= 11 is 3.38. The van der Waals surface area contributed by atoms with Gasteiger partial charge in [-0.3, -0.25) is 9.48 Å². The molecule has 0 radical (unpaired) electrons. The van der Waals surface area contributed by atoms with Gasteiger partial charge in [0.2, 0.25) is 0 Å². The number of carbonyl (C=O) groups excluding carboxylic acids is 1. The molecule has 0 fully saturated rings. The highest BCUT2D eigenvalue weighted by atomic mass is 79.9. The summed E-state index contributed by atoms with van der Waals surface area (Å²) in [4.78, 5) is 12.5. The highest BCUT2D eigenvalue weighted by Gasteiger charge is 2.26. The second-order valence-electron chi connectivity index (χ2n) is 4.25. The minimum Gasteiger partial charge on any atom is -0.292 e. The number of nitrogens with zero attached hydrogens (tertiary/aromatic N) is 3. The molecule has 19 heavy (non-hydrogen) atoms. The normalized spacial score (nSPS) is 11.9. The van der Waals surface area contributed by atoms with Crippen LogP contribution in [0.2, 0.25) is 0 Å². The van der Waals surface area contributed by atoms with Crippen molar-refractivity contribution < 1.29 is 4.79 Å². The molecule has 1 unspecified atom stereocenters. The summed E-state index contributed by atoms with van der Waals surface area (Å²) in [5.74, 6) is -1.04. The van der Waals surface area contributed by atoms with Crippen LogP contribution in [0.4, 0.5) is 0 Å². The number of Topliss-reactive ketones (excluding diaryl/α,β-unsaturated/α-hetero) is 1. The third-order valence-corrected chi connectivity index (χ3v) is 3.61. The van der Waals surface area contributed by atoms with E-state index in [-0.39, 0.29) is 5.78 Å². The Bertz CT molecular complexity index is 670. The third kappa shape index (κ3) is 2.59. The first-order valence-corrected chi connectivity index (χ1v) is 6.52. The molecule has 0 N–H and O–H groups in total. The molecule has 0 aliphatic rings. The van der Waals surface area contributed by atoms with Gasteiger partial charge in [0.05, 0.1) is 17.3 Å². The van der Waals surface area contributed by atoms with Crippen molar-refractivity contribution in [1.29, 1.82) is 5.26 Å². The maximum absolute atomic E-state index is 12.5. The van der Waals surface area contributed by atoms with Gasteiger partial charge >= 0.3 is 0 Å². The van der Waals surface area contributed by atoms with Crippen molar-refractivity contribution >= 4 is 21.7 Å². The van der Waals surface area contributed by atoms with Gasteiger partial charge in [-0.05, 0) is 18.6 Å². The molecular weight excluding hydrogens is 306 g/mol. The van der Waals surface area contributed by atoms with Gasteiger partial charge in [0.1, 0.15) is 5.92 Å². The minimum atomic E-state index is -0.821. The molecular formula is C14H12BrN3O. The zero-order valence-electron chi connectivity index (χ0n) is 10.6. The van der Waals surface area contributed by atoms with Gasteiger partial charge in [-0.1, -0.05) is 34.1 Å². The SMILES string of the molecule is Cc1nn(C)cc1C(=O)C(C#N)c1ccccc1Br. The lowest BCUT2D eigenvalue weighted by atomic mass is 9.92. The lowest BCUT2D eigenvalue weighted by Crippen LogP contribution is -2.12. The monoisotopic (exact) mass is 317 g/mol. The number of halogens is 1. The fraction of sp³-hybridized carbons (Fsp3) is 0.214. The summed E-state index contributed by atoms with van der Waals surface area (Å²) < 4.78 is 2.34. The standard InChI is InChI=1S/C14H12BrN3O/c1-9-12(8-18(2)17-9)14(19)11(7-16)10-5-3-4-6-13(10)15/h3-6,8,11H,1-2H3. The van der Waals surface area contributed by atoms with Gasteiger partial charge in [-0.25, -0.2) is 0 Å². The van der Waals surface area contributed by atoms with E-state index in [1.165, 1.54) is 0 Å². The van der Waals surface area contributed by atoms with Crippen molar-refractivity contribution in [3.05, 3.63) is 51.8 Å². The Kier molecular flexibility index (Phi) is 3.82. The quantitative estimate of drug-likeness (QED) is 0.818. The molecule has 96 valence electrons. The Morgan fingerprint density at radius 3 is 2.68 bits per heavy atom. The van der Waals surface area contributed by atoms with Crippen LogP contribution < -0.4 is 0 Å². The van der Waals surface area contributed by atoms with Gasteiger partial charge in [-0.2, -0.15) is 10.4 Å². The van der Waals surface area contributed by atoms with E-state index in [9.17, 15) is 10.1 Å². The van der Waals surface area contributed by atoms with Crippen molar-refractivity contribution in [3.8, 4) is 6.07 Å². The highest BCUT2D eigenvalue weighted by molar-refractivity contribution is 9.10. The van der Waals surface area contributed by atoms with Crippen LogP contribution in [-0.4, -0.2) is 15.6 Å². The van der Waals surface area contributed by atoms with Crippen molar-refractivity contribution in [2.45, 2.75) is 12.8 Å². The molecule has 0 aliphatic carbocycles. The Morgan fingerprint density at radius 2 is 2.16 bits per heavy atom. The van der Waals surface area contributed by atoms with Crippen molar-refractivity contribution in [2.75, 3.05) is 0 Å². The number of nitriles is 1. The molecule has 2 aromatic rings. The van der Waals surface area contributed by atoms with Crippen LogP contribution in [0.15, 0.2) is 34.9 Å². The molecule has 2 rings (SSSR count). The summed E-state index contributed by atoms with van der Waals surface area (Å²) in [6, 6.07) is 9.34. The summed E-state index contributed by atoms with van der Waals surface area (Å²) in [6.07, 6.45) is 1.65. The fourth-order valence-corrected chi connectivity index (χ4v) is 2.49. The van der Waals surface area contributed by atoms with Crippen molar-refractivity contribution in [2.24, 2.45) is 7.05 Å². The molecule has 1 aromatic carbocycles. The van der Waals surface area contributed by atoms with Crippen molar-refractivity contribution in [3.63, 3.8) is 0 Å². The van der Waals surface area contributed by atoms with Crippen molar-refractivity contribution in [1.82, 2.24) is 9.78 Å². The number of hydrogen-bond acceptors (Lipinski definition) is 3. The molecule has 0 saturated heterocycles. The number of rotatable bonds is 3. The maximum atomic E-state index is 12.5. The lowest BCUT2D eigenvalue weighted by molar-refractivity contribution is 0.0978. The molecule has 0 saturated carbocycles. The minimum absolute atomic E-state index is 0.222. The topological polar surface area (TPSA) is 58.7 Å². The molecule has 1 aromatic heterocycles. The van der Waals surface area contributed by atoms with Gasteiger partial charge in [0.15, 0.2) is 5.78 Å². The highest BCUT2D eigenvalue weighted by Crippen LogP contribution is 2.28. The number of ketones is 1. The molecule has 1 atom stereocenters. The molecule has 1 heterocycles. The predicted octanol–water partition coefficient (Wildman–Crippen LogP) is 2.98. The van der Waals surface area contributed by atoms with Crippen LogP contribution in [0.5, 0.6) is 0 Å². The largest absolute Gasteiger partial charge is 0.292 e. The molecule has 5 heteroatoms. The Hall–Kier alpha value is -1.93. The fourth-order valence-electron chi connectivity index (χ4n) is 1.98. The van der Waals surface area contributed by atoms with Gasteiger partial charge in [0, 0.05) is 17.7 Å². The zero-order chi connectivity index (χ0) is 14.0. The van der Waals surface area contributed by atoms with E-state index in [0.29, 0.717) is 16.8 Å². The van der Waals surface area contributed by atoms with Gasteiger partial charge in [-0.15, -0.1) is 0 Å². The van der Waals surface area contributed by atoms with E-state index in [4.69, 9.17) is 0 Å². The van der Waals surface area contributed by atoms with E-state index >= 15 is 0 Å². The lowest BCUT2D eigenvalue weighted by Gasteiger charge is -2.09. The van der Waals surface area contributed by atoms with Crippen LogP contribution in [0, 0.1) is 18.3 Å². The average Bonchev–Trinajstić information content (AvgIpc) is 2.71. The molecule has 0 amide bonds. The first-order chi connectivity index (χ1) is 9.04. The molecule has 0 bridgehead atoms.